The van der Waals surface area contributed by atoms with E-state index in [1.165, 1.54) is 24.3 Å². The number of amides is 2. The van der Waals surface area contributed by atoms with Crippen LogP contribution in [0, 0.1) is 11.6 Å². The molecule has 4 nitrogen and oxygen atoms in total. The van der Waals surface area contributed by atoms with Gasteiger partial charge in [0.25, 0.3) is 0 Å². The minimum absolute atomic E-state index is 0.201. The normalized spacial score (nSPS) is 10.8. The highest BCUT2D eigenvalue weighted by Gasteiger charge is 2.14. The number of ether oxygens (including phenoxy) is 1. The van der Waals surface area contributed by atoms with Gasteiger partial charge in [0.2, 0.25) is 0 Å². The molecule has 0 unspecified atom stereocenters. The minimum Gasteiger partial charge on any atom is -0.385 e. The van der Waals surface area contributed by atoms with Gasteiger partial charge < -0.3 is 15.4 Å². The van der Waals surface area contributed by atoms with Crippen molar-refractivity contribution in [3.05, 3.63) is 71.3 Å². The first-order chi connectivity index (χ1) is 12.6. The Labute approximate surface area is 152 Å². The minimum atomic E-state index is -0.298. The van der Waals surface area contributed by atoms with Crippen LogP contribution in [0.2, 0.25) is 0 Å². The summed E-state index contributed by atoms with van der Waals surface area (Å²) >= 11 is 0. The van der Waals surface area contributed by atoms with Gasteiger partial charge in [-0.05, 0) is 54.7 Å². The van der Waals surface area contributed by atoms with Crippen LogP contribution >= 0.6 is 0 Å². The van der Waals surface area contributed by atoms with Gasteiger partial charge in [0.1, 0.15) is 11.6 Å². The van der Waals surface area contributed by atoms with E-state index < -0.39 is 0 Å². The van der Waals surface area contributed by atoms with Gasteiger partial charge >= 0.3 is 6.03 Å². The molecule has 0 aliphatic rings. The molecule has 2 aromatic rings. The topological polar surface area (TPSA) is 50.4 Å². The summed E-state index contributed by atoms with van der Waals surface area (Å²) in [5, 5.41) is 5.73. The van der Waals surface area contributed by atoms with Crippen LogP contribution in [-0.4, -0.2) is 32.3 Å². The fourth-order valence-corrected chi connectivity index (χ4v) is 2.64. The summed E-state index contributed by atoms with van der Waals surface area (Å²) in [6, 6.07) is 11.9. The third-order valence-electron chi connectivity index (χ3n) is 3.94. The van der Waals surface area contributed by atoms with Crippen molar-refractivity contribution in [3.8, 4) is 0 Å². The van der Waals surface area contributed by atoms with Crippen LogP contribution in [0.1, 0.15) is 17.5 Å². The highest BCUT2D eigenvalue weighted by Crippen LogP contribution is 2.11. The molecule has 0 aromatic heterocycles. The van der Waals surface area contributed by atoms with E-state index >= 15 is 0 Å². The summed E-state index contributed by atoms with van der Waals surface area (Å²) in [6.45, 7) is 1.09. The molecule has 2 amide bonds. The van der Waals surface area contributed by atoms with Gasteiger partial charge in [0.05, 0.1) is 0 Å². The standard InChI is InChI=1S/C20H24F2N2O2/c1-26-12-2-11-23-20(25)24-19(13-15-3-7-17(21)8-4-15)14-16-5-9-18(22)10-6-16/h3-10,19H,2,11-14H2,1H3,(H2,23,24,25). The first-order valence-corrected chi connectivity index (χ1v) is 8.59. The second-order valence-corrected chi connectivity index (χ2v) is 6.10. The fourth-order valence-electron chi connectivity index (χ4n) is 2.64. The summed E-state index contributed by atoms with van der Waals surface area (Å²) in [6.07, 6.45) is 1.82. The van der Waals surface area contributed by atoms with Crippen LogP contribution in [0.3, 0.4) is 0 Å². The van der Waals surface area contributed by atoms with Crippen LogP contribution < -0.4 is 10.6 Å². The third kappa shape index (κ3) is 7.19. The van der Waals surface area contributed by atoms with E-state index in [0.29, 0.717) is 26.0 Å². The van der Waals surface area contributed by atoms with E-state index in [9.17, 15) is 13.6 Å². The lowest BCUT2D eigenvalue weighted by molar-refractivity contribution is 0.193. The van der Waals surface area contributed by atoms with E-state index in [0.717, 1.165) is 17.5 Å². The molecule has 26 heavy (non-hydrogen) atoms. The molecule has 0 radical (unpaired) electrons. The fraction of sp³-hybridized carbons (Fsp3) is 0.350. The van der Waals surface area contributed by atoms with Crippen molar-refractivity contribution in [1.29, 1.82) is 0 Å². The van der Waals surface area contributed by atoms with Crippen LogP contribution in [0.4, 0.5) is 13.6 Å². The Bertz CT molecular complexity index is 628. The Hall–Kier alpha value is -2.47. The summed E-state index contributed by atoms with van der Waals surface area (Å²) < 4.78 is 31.1. The predicted octanol–water partition coefficient (Wildman–Crippen LogP) is 3.45. The molecule has 6 heteroatoms. The monoisotopic (exact) mass is 362 g/mol. The highest BCUT2D eigenvalue weighted by molar-refractivity contribution is 5.74. The lowest BCUT2D eigenvalue weighted by Crippen LogP contribution is -2.44. The van der Waals surface area contributed by atoms with Gasteiger partial charge in [-0.25, -0.2) is 13.6 Å². The summed E-state index contributed by atoms with van der Waals surface area (Å²) in [5.74, 6) is -0.597. The summed E-state index contributed by atoms with van der Waals surface area (Å²) in [7, 11) is 1.61. The molecule has 2 aromatic carbocycles. The van der Waals surface area contributed by atoms with Crippen molar-refractivity contribution in [2.24, 2.45) is 0 Å². The number of halogens is 2. The van der Waals surface area contributed by atoms with E-state index in [-0.39, 0.29) is 23.7 Å². The SMILES string of the molecule is COCCCNC(=O)NC(Cc1ccc(F)cc1)Cc1ccc(F)cc1. The maximum Gasteiger partial charge on any atom is 0.315 e. The lowest BCUT2D eigenvalue weighted by atomic mass is 9.99. The first kappa shape index (κ1) is 19.8. The molecule has 0 fully saturated rings. The Kier molecular flexibility index (Phi) is 8.02. The van der Waals surface area contributed by atoms with E-state index in [1.54, 1.807) is 31.4 Å². The summed E-state index contributed by atoms with van der Waals surface area (Å²) in [5.41, 5.74) is 1.83. The van der Waals surface area contributed by atoms with Gasteiger partial charge in [0.15, 0.2) is 0 Å². The number of hydrogen-bond donors (Lipinski definition) is 2. The largest absolute Gasteiger partial charge is 0.385 e. The molecule has 0 saturated carbocycles. The first-order valence-electron chi connectivity index (χ1n) is 8.59. The van der Waals surface area contributed by atoms with Crippen LogP contribution in [0.25, 0.3) is 0 Å². The number of benzene rings is 2. The quantitative estimate of drug-likeness (QED) is 0.671. The van der Waals surface area contributed by atoms with Crippen LogP contribution in [0.15, 0.2) is 48.5 Å². The molecular formula is C20H24F2N2O2. The lowest BCUT2D eigenvalue weighted by Gasteiger charge is -2.20. The molecule has 140 valence electrons. The van der Waals surface area contributed by atoms with Gasteiger partial charge in [-0.2, -0.15) is 0 Å². The summed E-state index contributed by atoms with van der Waals surface area (Å²) in [4.78, 5) is 12.1. The molecule has 0 atom stereocenters. The van der Waals surface area contributed by atoms with Crippen molar-refractivity contribution in [2.45, 2.75) is 25.3 Å². The Morgan fingerprint density at radius 2 is 1.46 bits per heavy atom. The Morgan fingerprint density at radius 3 is 1.92 bits per heavy atom. The Morgan fingerprint density at radius 1 is 0.962 bits per heavy atom. The number of methoxy groups -OCH3 is 1. The van der Waals surface area contributed by atoms with Crippen molar-refractivity contribution >= 4 is 6.03 Å². The smallest absolute Gasteiger partial charge is 0.315 e. The molecule has 0 saturated heterocycles. The number of nitrogens with one attached hydrogen (secondary N) is 2. The number of hydrogen-bond acceptors (Lipinski definition) is 2. The van der Waals surface area contributed by atoms with E-state index in [1.807, 2.05) is 0 Å². The molecule has 2 N–H and O–H groups in total. The highest BCUT2D eigenvalue weighted by atomic mass is 19.1. The van der Waals surface area contributed by atoms with Crippen LogP contribution in [-0.2, 0) is 17.6 Å². The number of carbonyl (C=O) groups is 1. The number of carbonyl (C=O) groups excluding carboxylic acids is 1. The average molecular weight is 362 g/mol. The molecular weight excluding hydrogens is 338 g/mol. The van der Waals surface area contributed by atoms with Crippen molar-refractivity contribution < 1.29 is 18.3 Å². The third-order valence-corrected chi connectivity index (χ3v) is 3.94. The zero-order valence-corrected chi connectivity index (χ0v) is 14.8. The van der Waals surface area contributed by atoms with Crippen LogP contribution in [0.5, 0.6) is 0 Å². The predicted molar refractivity (Wildman–Crippen MR) is 97.0 cm³/mol. The zero-order valence-electron chi connectivity index (χ0n) is 14.8. The number of urea groups is 1. The van der Waals surface area contributed by atoms with Gasteiger partial charge in [-0.3, -0.25) is 0 Å². The van der Waals surface area contributed by atoms with Crippen molar-refractivity contribution in [3.63, 3.8) is 0 Å². The Balaban J connectivity index is 1.98. The number of rotatable bonds is 9. The molecule has 0 bridgehead atoms. The van der Waals surface area contributed by atoms with Gasteiger partial charge in [-0.1, -0.05) is 24.3 Å². The van der Waals surface area contributed by atoms with Gasteiger partial charge in [-0.15, -0.1) is 0 Å². The van der Waals surface area contributed by atoms with E-state index in [2.05, 4.69) is 10.6 Å². The molecule has 0 aliphatic heterocycles. The zero-order chi connectivity index (χ0) is 18.8. The van der Waals surface area contributed by atoms with Crippen molar-refractivity contribution in [1.82, 2.24) is 10.6 Å². The van der Waals surface area contributed by atoms with E-state index in [4.69, 9.17) is 4.74 Å². The molecule has 0 spiro atoms. The van der Waals surface area contributed by atoms with Crippen molar-refractivity contribution in [2.75, 3.05) is 20.3 Å². The molecule has 0 heterocycles. The maximum absolute atomic E-state index is 13.1. The second kappa shape index (κ2) is 10.5. The van der Waals surface area contributed by atoms with Gasteiger partial charge in [0, 0.05) is 26.3 Å². The molecule has 2 rings (SSSR count). The second-order valence-electron chi connectivity index (χ2n) is 6.10. The molecule has 0 aliphatic carbocycles. The average Bonchev–Trinajstić information content (AvgIpc) is 2.62. The maximum atomic E-state index is 13.1.